The number of nitrogens with zero attached hydrogens (tertiary/aromatic N) is 1. The van der Waals surface area contributed by atoms with Crippen molar-refractivity contribution in [1.82, 2.24) is 10.2 Å². The first-order chi connectivity index (χ1) is 8.81. The molecule has 1 aromatic carbocycles. The van der Waals surface area contributed by atoms with E-state index in [1.807, 2.05) is 0 Å². The molecule has 0 aliphatic carbocycles. The summed E-state index contributed by atoms with van der Waals surface area (Å²) in [7, 11) is 0. The lowest BCUT2D eigenvalue weighted by atomic mass is 10.1. The topological polar surface area (TPSA) is 24.5 Å². The predicted molar refractivity (Wildman–Crippen MR) is 68.2 cm³/mol. The summed E-state index contributed by atoms with van der Waals surface area (Å²) in [6.45, 7) is 5.12. The standard InChI is InChI=1S/C14H19FN2O/c15-12-1-3-13(4-2-12)18-8-7-17-9-11-5-6-16-14(11)10-17/h1-4,11,14,16H,5-10H2/t11-,14+/m0/s1. The Morgan fingerprint density at radius 3 is 2.89 bits per heavy atom. The van der Waals surface area contributed by atoms with Crippen LogP contribution in [0.4, 0.5) is 4.39 Å². The first-order valence-corrected chi connectivity index (χ1v) is 6.65. The highest BCUT2D eigenvalue weighted by atomic mass is 19.1. The maximum atomic E-state index is 12.7. The lowest BCUT2D eigenvalue weighted by Crippen LogP contribution is -2.32. The van der Waals surface area contributed by atoms with Crippen molar-refractivity contribution in [3.8, 4) is 5.75 Å². The van der Waals surface area contributed by atoms with Gasteiger partial charge in [0.25, 0.3) is 0 Å². The zero-order valence-corrected chi connectivity index (χ0v) is 10.4. The SMILES string of the molecule is Fc1ccc(OCCN2C[C@@H]3CCN[C@@H]3C2)cc1. The van der Waals surface area contributed by atoms with Crippen molar-refractivity contribution in [2.24, 2.45) is 5.92 Å². The Kier molecular flexibility index (Phi) is 3.48. The number of fused-ring (bicyclic) bond motifs is 1. The van der Waals surface area contributed by atoms with Crippen LogP contribution in [-0.2, 0) is 0 Å². The average molecular weight is 250 g/mol. The molecule has 0 saturated carbocycles. The summed E-state index contributed by atoms with van der Waals surface area (Å²) in [6, 6.07) is 6.90. The summed E-state index contributed by atoms with van der Waals surface area (Å²) < 4.78 is 18.3. The number of likely N-dealkylation sites (tertiary alicyclic amines) is 1. The van der Waals surface area contributed by atoms with E-state index in [-0.39, 0.29) is 5.82 Å². The fourth-order valence-corrected chi connectivity index (χ4v) is 2.94. The molecule has 0 spiro atoms. The molecule has 4 heteroatoms. The van der Waals surface area contributed by atoms with E-state index in [0.717, 1.165) is 24.8 Å². The Morgan fingerprint density at radius 1 is 1.28 bits per heavy atom. The van der Waals surface area contributed by atoms with E-state index in [0.29, 0.717) is 12.6 Å². The van der Waals surface area contributed by atoms with E-state index in [1.165, 1.54) is 31.6 Å². The molecule has 0 aromatic heterocycles. The summed E-state index contributed by atoms with van der Waals surface area (Å²) in [4.78, 5) is 2.45. The van der Waals surface area contributed by atoms with E-state index in [1.54, 1.807) is 12.1 Å². The van der Waals surface area contributed by atoms with Crippen LogP contribution >= 0.6 is 0 Å². The Morgan fingerprint density at radius 2 is 2.11 bits per heavy atom. The molecule has 2 aliphatic rings. The van der Waals surface area contributed by atoms with Gasteiger partial charge in [-0.1, -0.05) is 0 Å². The molecule has 2 aliphatic heterocycles. The zero-order valence-electron chi connectivity index (χ0n) is 10.4. The van der Waals surface area contributed by atoms with Crippen LogP contribution in [0.25, 0.3) is 0 Å². The third-order valence-electron chi connectivity index (χ3n) is 3.93. The second-order valence-electron chi connectivity index (χ2n) is 5.17. The number of benzene rings is 1. The van der Waals surface area contributed by atoms with Crippen LogP contribution in [0.2, 0.25) is 0 Å². The lowest BCUT2D eigenvalue weighted by Gasteiger charge is -2.17. The molecule has 1 N–H and O–H groups in total. The molecular weight excluding hydrogens is 231 g/mol. The maximum Gasteiger partial charge on any atom is 0.123 e. The van der Waals surface area contributed by atoms with E-state index >= 15 is 0 Å². The Labute approximate surface area is 107 Å². The number of hydrogen-bond donors (Lipinski definition) is 1. The Balaban J connectivity index is 1.41. The average Bonchev–Trinajstić information content (AvgIpc) is 2.92. The van der Waals surface area contributed by atoms with Gasteiger partial charge in [-0.05, 0) is 43.1 Å². The monoisotopic (exact) mass is 250 g/mol. The lowest BCUT2D eigenvalue weighted by molar-refractivity contribution is 0.229. The van der Waals surface area contributed by atoms with E-state index in [4.69, 9.17) is 4.74 Å². The fraction of sp³-hybridized carbons (Fsp3) is 0.571. The molecule has 2 heterocycles. The van der Waals surface area contributed by atoms with Gasteiger partial charge in [-0.15, -0.1) is 0 Å². The van der Waals surface area contributed by atoms with Gasteiger partial charge in [0, 0.05) is 25.7 Å². The third-order valence-corrected chi connectivity index (χ3v) is 3.93. The largest absolute Gasteiger partial charge is 0.492 e. The number of nitrogens with one attached hydrogen (secondary N) is 1. The maximum absolute atomic E-state index is 12.7. The van der Waals surface area contributed by atoms with Crippen molar-refractivity contribution in [2.45, 2.75) is 12.5 Å². The molecule has 18 heavy (non-hydrogen) atoms. The second kappa shape index (κ2) is 5.24. The molecule has 0 radical (unpaired) electrons. The molecule has 2 saturated heterocycles. The number of rotatable bonds is 4. The minimum atomic E-state index is -0.221. The summed E-state index contributed by atoms with van der Waals surface area (Å²) >= 11 is 0. The first-order valence-electron chi connectivity index (χ1n) is 6.65. The fourth-order valence-electron chi connectivity index (χ4n) is 2.94. The van der Waals surface area contributed by atoms with Gasteiger partial charge in [0.2, 0.25) is 0 Å². The number of hydrogen-bond acceptors (Lipinski definition) is 3. The molecular formula is C14H19FN2O. The second-order valence-corrected chi connectivity index (χ2v) is 5.17. The van der Waals surface area contributed by atoms with E-state index in [2.05, 4.69) is 10.2 Å². The number of ether oxygens (including phenoxy) is 1. The summed E-state index contributed by atoms with van der Waals surface area (Å²) in [5.41, 5.74) is 0. The van der Waals surface area contributed by atoms with Gasteiger partial charge in [-0.25, -0.2) is 4.39 Å². The highest BCUT2D eigenvalue weighted by molar-refractivity contribution is 5.21. The van der Waals surface area contributed by atoms with Crippen LogP contribution in [0.5, 0.6) is 5.75 Å². The Hall–Kier alpha value is -1.13. The van der Waals surface area contributed by atoms with Crippen LogP contribution in [0.1, 0.15) is 6.42 Å². The van der Waals surface area contributed by atoms with Gasteiger partial charge < -0.3 is 10.1 Å². The quantitative estimate of drug-likeness (QED) is 0.876. The van der Waals surface area contributed by atoms with Crippen LogP contribution < -0.4 is 10.1 Å². The van der Waals surface area contributed by atoms with E-state index in [9.17, 15) is 4.39 Å². The van der Waals surface area contributed by atoms with Gasteiger partial charge in [0.05, 0.1) is 0 Å². The van der Waals surface area contributed by atoms with Gasteiger partial charge in [0.15, 0.2) is 0 Å². The Bertz CT molecular complexity index is 383. The molecule has 0 bridgehead atoms. The highest BCUT2D eigenvalue weighted by Gasteiger charge is 2.35. The molecule has 0 unspecified atom stereocenters. The van der Waals surface area contributed by atoms with E-state index < -0.39 is 0 Å². The van der Waals surface area contributed by atoms with Crippen molar-refractivity contribution >= 4 is 0 Å². The molecule has 3 nitrogen and oxygen atoms in total. The molecule has 3 rings (SSSR count). The van der Waals surface area contributed by atoms with Crippen molar-refractivity contribution in [2.75, 3.05) is 32.8 Å². The number of halogens is 1. The minimum absolute atomic E-state index is 0.221. The smallest absolute Gasteiger partial charge is 0.123 e. The summed E-state index contributed by atoms with van der Waals surface area (Å²) in [5.74, 6) is 1.35. The van der Waals surface area contributed by atoms with Gasteiger partial charge in [0.1, 0.15) is 18.2 Å². The molecule has 1 aromatic rings. The van der Waals surface area contributed by atoms with Gasteiger partial charge in [-0.2, -0.15) is 0 Å². The van der Waals surface area contributed by atoms with Crippen LogP contribution in [0, 0.1) is 11.7 Å². The molecule has 2 atom stereocenters. The zero-order chi connectivity index (χ0) is 12.4. The van der Waals surface area contributed by atoms with Crippen molar-refractivity contribution in [1.29, 1.82) is 0 Å². The van der Waals surface area contributed by atoms with Crippen molar-refractivity contribution in [3.05, 3.63) is 30.1 Å². The first kappa shape index (κ1) is 11.9. The molecule has 2 fully saturated rings. The van der Waals surface area contributed by atoms with Gasteiger partial charge >= 0.3 is 0 Å². The van der Waals surface area contributed by atoms with Crippen molar-refractivity contribution in [3.63, 3.8) is 0 Å². The van der Waals surface area contributed by atoms with Crippen LogP contribution in [0.15, 0.2) is 24.3 Å². The normalized spacial score (nSPS) is 27.4. The highest BCUT2D eigenvalue weighted by Crippen LogP contribution is 2.24. The molecule has 98 valence electrons. The summed E-state index contributed by atoms with van der Waals surface area (Å²) in [6.07, 6.45) is 1.31. The van der Waals surface area contributed by atoms with Gasteiger partial charge in [-0.3, -0.25) is 4.90 Å². The predicted octanol–water partition coefficient (Wildman–Crippen LogP) is 1.50. The minimum Gasteiger partial charge on any atom is -0.492 e. The third kappa shape index (κ3) is 2.65. The summed E-state index contributed by atoms with van der Waals surface area (Å²) in [5, 5.41) is 3.54. The molecule has 0 amide bonds. The van der Waals surface area contributed by atoms with Crippen LogP contribution in [-0.4, -0.2) is 43.7 Å². The van der Waals surface area contributed by atoms with Crippen LogP contribution in [0.3, 0.4) is 0 Å². The van der Waals surface area contributed by atoms with Crippen molar-refractivity contribution < 1.29 is 9.13 Å².